The molecule has 0 bridgehead atoms. The zero-order chi connectivity index (χ0) is 34.9. The highest BCUT2D eigenvalue weighted by Gasteiger charge is 2.40. The molecule has 2 fully saturated rings. The number of nitrogens with zero attached hydrogens (tertiary/aromatic N) is 5. The van der Waals surface area contributed by atoms with Gasteiger partial charge in [-0.05, 0) is 42.5 Å². The van der Waals surface area contributed by atoms with Crippen molar-refractivity contribution in [1.82, 2.24) is 30.1 Å². The number of phenolic OH excluding ortho intramolecular Hbond substituents is 1. The van der Waals surface area contributed by atoms with Gasteiger partial charge < -0.3 is 39.8 Å². The van der Waals surface area contributed by atoms with E-state index in [2.05, 4.69) is 54.3 Å². The number of piperidine rings is 1. The van der Waals surface area contributed by atoms with E-state index in [0.717, 1.165) is 69.3 Å². The van der Waals surface area contributed by atoms with Gasteiger partial charge in [0.2, 0.25) is 11.9 Å². The molecule has 50 heavy (non-hydrogen) atoms. The van der Waals surface area contributed by atoms with E-state index in [1.54, 1.807) is 30.4 Å². The number of carbonyl (C=O) groups is 1. The van der Waals surface area contributed by atoms with Gasteiger partial charge in [-0.15, -0.1) is 0 Å². The van der Waals surface area contributed by atoms with Crippen LogP contribution < -0.4 is 15.1 Å². The van der Waals surface area contributed by atoms with Crippen LogP contribution in [0.25, 0.3) is 10.2 Å². The summed E-state index contributed by atoms with van der Waals surface area (Å²) in [5.41, 5.74) is 3.28. The number of benzene rings is 2. The minimum absolute atomic E-state index is 0.00488. The summed E-state index contributed by atoms with van der Waals surface area (Å²) in [4.78, 5) is 41.9. The molecule has 14 heteroatoms. The molecule has 4 N–H and O–H groups in total. The van der Waals surface area contributed by atoms with Crippen molar-refractivity contribution in [3.63, 3.8) is 0 Å². The summed E-state index contributed by atoms with van der Waals surface area (Å²) in [6, 6.07) is 13.6. The molecule has 0 radical (unpaired) electrons. The number of likely N-dealkylation sites (tertiary alicyclic amines) is 1. The number of aliphatic hydroxyl groups is 1. The van der Waals surface area contributed by atoms with Gasteiger partial charge in [0, 0.05) is 70.8 Å². The molecule has 2 saturated heterocycles. The average molecular weight is 706 g/mol. The predicted octanol–water partition coefficient (Wildman–Crippen LogP) is 2.69. The second-order valence-corrected chi connectivity index (χ2v) is 14.1. The second-order valence-electron chi connectivity index (χ2n) is 13.1. The fourth-order valence-electron chi connectivity index (χ4n) is 6.70. The number of hydrogen-bond acceptors (Lipinski definition) is 12. The Morgan fingerprint density at radius 2 is 1.94 bits per heavy atom. The lowest BCUT2D eigenvalue weighted by molar-refractivity contribution is -0.131. The van der Waals surface area contributed by atoms with Crippen LogP contribution in [0.2, 0.25) is 0 Å². The highest BCUT2D eigenvalue weighted by Crippen LogP contribution is 2.33. The maximum atomic E-state index is 12.6. The molecule has 1 amide bonds. The summed E-state index contributed by atoms with van der Waals surface area (Å²) in [5, 5.41) is 23.8. The average Bonchev–Trinajstić information content (AvgIpc) is 3.53. The van der Waals surface area contributed by atoms with E-state index >= 15 is 0 Å². The summed E-state index contributed by atoms with van der Waals surface area (Å²) in [6.45, 7) is 7.35. The Morgan fingerprint density at radius 1 is 1.14 bits per heavy atom. The van der Waals surface area contributed by atoms with Crippen LogP contribution >= 0.6 is 11.3 Å². The second kappa shape index (κ2) is 16.9. The van der Waals surface area contributed by atoms with Gasteiger partial charge in [0.05, 0.1) is 49.2 Å². The van der Waals surface area contributed by atoms with Gasteiger partial charge in [-0.25, -0.2) is 9.97 Å². The third-order valence-corrected chi connectivity index (χ3v) is 10.5. The standard InChI is InChI=1S/C36H47N7O6S/c1-41(17-14-37-23-30(45)28-6-7-29(44)32-33(28)50-35(47)40-32)31(46)9-20-48-19-8-26-4-2-5-27(22-26)24-42-15-10-36(11-16-42)25-43(18-21-49-36)34-38-12-3-13-39-34/h2-7,12-13,22,30,37,44-45H,8-11,14-21,23-25H2,1H3,(H,40,47)/t30-/m0/s1. The van der Waals surface area contributed by atoms with Gasteiger partial charge in [0.25, 0.3) is 0 Å². The number of morpholine rings is 1. The number of aromatic hydroxyl groups is 1. The molecule has 6 rings (SSSR count). The molecule has 268 valence electrons. The molecule has 0 saturated carbocycles. The van der Waals surface area contributed by atoms with E-state index < -0.39 is 6.10 Å². The molecular weight excluding hydrogens is 659 g/mol. The molecule has 13 nitrogen and oxygen atoms in total. The Balaban J connectivity index is 0.847. The number of hydrogen-bond donors (Lipinski definition) is 4. The Kier molecular flexibility index (Phi) is 12.1. The van der Waals surface area contributed by atoms with Crippen LogP contribution in [0.3, 0.4) is 0 Å². The third kappa shape index (κ3) is 9.24. The zero-order valence-corrected chi connectivity index (χ0v) is 29.4. The lowest BCUT2D eigenvalue weighted by atomic mass is 9.89. The van der Waals surface area contributed by atoms with Crippen molar-refractivity contribution in [2.45, 2.75) is 43.9 Å². The summed E-state index contributed by atoms with van der Waals surface area (Å²) in [5.74, 6) is 0.751. The molecular formula is C36H47N7O6S. The third-order valence-electron chi connectivity index (χ3n) is 9.58. The quantitative estimate of drug-likeness (QED) is 0.135. The number of likely N-dealkylation sites (N-methyl/N-ethyl adjacent to an activating group) is 1. The number of thiazole rings is 1. The first-order valence-electron chi connectivity index (χ1n) is 17.3. The molecule has 4 heterocycles. The van der Waals surface area contributed by atoms with Crippen molar-refractivity contribution < 1.29 is 24.5 Å². The summed E-state index contributed by atoms with van der Waals surface area (Å²) < 4.78 is 12.7. The van der Waals surface area contributed by atoms with Gasteiger partial charge in [-0.2, -0.15) is 0 Å². The first kappa shape index (κ1) is 35.9. The Morgan fingerprint density at radius 3 is 2.76 bits per heavy atom. The number of carbonyl (C=O) groups excluding carboxylic acids is 1. The molecule has 1 atom stereocenters. The van der Waals surface area contributed by atoms with E-state index in [1.165, 1.54) is 17.2 Å². The Hall–Kier alpha value is -3.92. The van der Waals surface area contributed by atoms with E-state index in [4.69, 9.17) is 9.47 Å². The number of fused-ring (bicyclic) bond motifs is 1. The zero-order valence-electron chi connectivity index (χ0n) is 28.6. The number of amides is 1. The van der Waals surface area contributed by atoms with Gasteiger partial charge in [0.15, 0.2) is 0 Å². The van der Waals surface area contributed by atoms with Gasteiger partial charge >= 0.3 is 4.87 Å². The summed E-state index contributed by atoms with van der Waals surface area (Å²) in [6.07, 6.45) is 5.78. The Bertz CT molecular complexity index is 1760. The maximum Gasteiger partial charge on any atom is 0.305 e. The van der Waals surface area contributed by atoms with Crippen molar-refractivity contribution in [1.29, 1.82) is 0 Å². The summed E-state index contributed by atoms with van der Waals surface area (Å²) in [7, 11) is 1.76. The highest BCUT2D eigenvalue weighted by molar-refractivity contribution is 7.16. The van der Waals surface area contributed by atoms with Crippen LogP contribution in [0, 0.1) is 0 Å². The van der Waals surface area contributed by atoms with Gasteiger partial charge in [-0.3, -0.25) is 14.5 Å². The minimum Gasteiger partial charge on any atom is -0.506 e. The first-order valence-corrected chi connectivity index (χ1v) is 18.1. The Labute approximate surface area is 295 Å². The van der Waals surface area contributed by atoms with Crippen molar-refractivity contribution in [3.05, 3.63) is 81.2 Å². The highest BCUT2D eigenvalue weighted by atomic mass is 32.1. The van der Waals surface area contributed by atoms with Crippen LogP contribution in [0.5, 0.6) is 5.75 Å². The van der Waals surface area contributed by atoms with Crippen molar-refractivity contribution in [2.24, 2.45) is 0 Å². The van der Waals surface area contributed by atoms with E-state index in [0.29, 0.717) is 55.1 Å². The fourth-order valence-corrected chi connectivity index (χ4v) is 7.62. The maximum absolute atomic E-state index is 12.6. The van der Waals surface area contributed by atoms with Crippen LogP contribution in [-0.4, -0.2) is 119 Å². The van der Waals surface area contributed by atoms with Crippen LogP contribution in [0.4, 0.5) is 5.95 Å². The molecule has 2 aliphatic heterocycles. The largest absolute Gasteiger partial charge is 0.506 e. The van der Waals surface area contributed by atoms with Crippen LogP contribution in [0.1, 0.15) is 42.1 Å². The number of aliphatic hydroxyl groups excluding tert-OH is 1. The van der Waals surface area contributed by atoms with E-state index in [1.807, 2.05) is 6.07 Å². The monoisotopic (exact) mass is 705 g/mol. The number of aromatic amines is 1. The van der Waals surface area contributed by atoms with Crippen LogP contribution in [0.15, 0.2) is 59.7 Å². The molecule has 1 spiro atoms. The topological polar surface area (TPSA) is 156 Å². The smallest absolute Gasteiger partial charge is 0.305 e. The molecule has 2 aliphatic rings. The molecule has 2 aromatic heterocycles. The van der Waals surface area contributed by atoms with Crippen molar-refractivity contribution in [2.75, 3.05) is 77.6 Å². The van der Waals surface area contributed by atoms with E-state index in [-0.39, 0.29) is 28.7 Å². The number of nitrogens with one attached hydrogen (secondary N) is 2. The lowest BCUT2D eigenvalue weighted by Gasteiger charge is -2.47. The van der Waals surface area contributed by atoms with Gasteiger partial charge in [-0.1, -0.05) is 41.7 Å². The molecule has 0 aliphatic carbocycles. The fraction of sp³-hybridized carbons (Fsp3) is 0.500. The number of aromatic nitrogens is 3. The normalized spacial score (nSPS) is 17.0. The lowest BCUT2D eigenvalue weighted by Crippen LogP contribution is -2.57. The SMILES string of the molecule is CN(CCNC[C@H](O)c1ccc(O)c2[nH]c(=O)sc12)C(=O)CCOCCc1cccc(CN2CCC3(CC2)CN(c2ncccn2)CCO3)c1. The molecule has 0 unspecified atom stereocenters. The first-order chi connectivity index (χ1) is 24.3. The molecule has 2 aromatic carbocycles. The predicted molar refractivity (Wildman–Crippen MR) is 193 cm³/mol. The van der Waals surface area contributed by atoms with Crippen molar-refractivity contribution >= 4 is 33.4 Å². The number of H-pyrrole nitrogens is 1. The minimum atomic E-state index is -0.864. The number of ether oxygens (including phenoxy) is 2. The van der Waals surface area contributed by atoms with Crippen molar-refractivity contribution in [3.8, 4) is 5.75 Å². The summed E-state index contributed by atoms with van der Waals surface area (Å²) >= 11 is 0.956. The number of rotatable bonds is 15. The number of anilines is 1. The van der Waals surface area contributed by atoms with E-state index in [9.17, 15) is 19.8 Å². The number of phenols is 1. The van der Waals surface area contributed by atoms with Crippen LogP contribution in [-0.2, 0) is 27.2 Å². The molecule has 4 aromatic rings. The van der Waals surface area contributed by atoms with Gasteiger partial charge in [0.1, 0.15) is 11.3 Å².